The summed E-state index contributed by atoms with van der Waals surface area (Å²) in [6.07, 6.45) is 4.39. The topological polar surface area (TPSA) is 80.6 Å². The van der Waals surface area contributed by atoms with Crippen LogP contribution < -0.4 is 5.73 Å². The molecule has 104 valence electrons. The first-order chi connectivity index (χ1) is 9.56. The van der Waals surface area contributed by atoms with E-state index in [-0.39, 0.29) is 5.84 Å². The van der Waals surface area contributed by atoms with Crippen molar-refractivity contribution in [1.82, 2.24) is 14.8 Å². The van der Waals surface area contributed by atoms with Crippen molar-refractivity contribution in [2.75, 3.05) is 0 Å². The monoisotopic (exact) mass is 269 g/mol. The van der Waals surface area contributed by atoms with Crippen molar-refractivity contribution in [2.24, 2.45) is 5.73 Å². The molecule has 0 spiro atoms. The highest BCUT2D eigenvalue weighted by atomic mass is 15.3. The highest BCUT2D eigenvalue weighted by Gasteiger charge is 2.19. The van der Waals surface area contributed by atoms with Crippen LogP contribution in [0.1, 0.15) is 41.1 Å². The van der Waals surface area contributed by atoms with Crippen molar-refractivity contribution >= 4 is 5.84 Å². The van der Waals surface area contributed by atoms with Gasteiger partial charge in [0.1, 0.15) is 5.84 Å². The maximum absolute atomic E-state index is 7.82. The van der Waals surface area contributed by atoms with Crippen LogP contribution in [0.25, 0.3) is 5.82 Å². The van der Waals surface area contributed by atoms with Crippen LogP contribution in [0.15, 0.2) is 12.1 Å². The van der Waals surface area contributed by atoms with E-state index in [9.17, 15) is 0 Å². The molecule has 0 fully saturated rings. The molecule has 0 unspecified atom stereocenters. The van der Waals surface area contributed by atoms with E-state index in [1.165, 1.54) is 18.4 Å². The summed E-state index contributed by atoms with van der Waals surface area (Å²) in [5.41, 5.74) is 10.7. The van der Waals surface area contributed by atoms with Crippen LogP contribution in [0.5, 0.6) is 0 Å². The van der Waals surface area contributed by atoms with Crippen LogP contribution >= 0.6 is 0 Å². The van der Waals surface area contributed by atoms with Gasteiger partial charge in [0, 0.05) is 11.4 Å². The maximum atomic E-state index is 7.82. The Balaban J connectivity index is 2.22. The molecular formula is C15H19N5. The minimum Gasteiger partial charge on any atom is -0.384 e. The van der Waals surface area contributed by atoms with Crippen LogP contribution in [-0.4, -0.2) is 20.6 Å². The standard InChI is InChI=1S/C15H19N5/c1-9-7-10(2)20(19-9)15-12(14(16)17)8-11-5-3-4-6-13(11)18-15/h7-8H,3-6H2,1-2H3,(H3,16,17). The quantitative estimate of drug-likeness (QED) is 0.646. The van der Waals surface area contributed by atoms with Gasteiger partial charge >= 0.3 is 0 Å². The van der Waals surface area contributed by atoms with Crippen molar-refractivity contribution in [2.45, 2.75) is 39.5 Å². The third-order valence-corrected chi connectivity index (χ3v) is 3.78. The Labute approximate surface area is 118 Å². The van der Waals surface area contributed by atoms with Crippen LogP contribution in [0.3, 0.4) is 0 Å². The van der Waals surface area contributed by atoms with Crippen LogP contribution in [0.4, 0.5) is 0 Å². The normalized spacial score (nSPS) is 14.1. The molecule has 0 atom stereocenters. The summed E-state index contributed by atoms with van der Waals surface area (Å²) >= 11 is 0. The molecule has 1 aliphatic rings. The lowest BCUT2D eigenvalue weighted by Gasteiger charge is -2.18. The average Bonchev–Trinajstić information content (AvgIpc) is 2.76. The number of fused-ring (bicyclic) bond motifs is 1. The molecule has 0 amide bonds. The van der Waals surface area contributed by atoms with E-state index in [0.29, 0.717) is 11.4 Å². The number of nitrogen functional groups attached to an aromatic ring is 1. The number of aryl methyl sites for hydroxylation is 4. The first-order valence-corrected chi connectivity index (χ1v) is 6.97. The smallest absolute Gasteiger partial charge is 0.164 e. The first kappa shape index (κ1) is 12.8. The number of nitrogens with zero attached hydrogens (tertiary/aromatic N) is 3. The molecule has 0 aliphatic heterocycles. The molecule has 2 aromatic rings. The molecule has 2 aromatic heterocycles. The number of aromatic nitrogens is 3. The Bertz CT molecular complexity index is 684. The predicted molar refractivity (Wildman–Crippen MR) is 78.5 cm³/mol. The molecule has 5 nitrogen and oxygen atoms in total. The number of amidine groups is 1. The molecule has 0 bridgehead atoms. The van der Waals surface area contributed by atoms with E-state index in [1.54, 1.807) is 4.68 Å². The van der Waals surface area contributed by atoms with E-state index in [4.69, 9.17) is 16.1 Å². The average molecular weight is 269 g/mol. The fraction of sp³-hybridized carbons (Fsp3) is 0.400. The minimum absolute atomic E-state index is 0.0495. The zero-order chi connectivity index (χ0) is 14.3. The lowest BCUT2D eigenvalue weighted by atomic mass is 9.94. The van der Waals surface area contributed by atoms with Gasteiger partial charge in [-0.25, -0.2) is 9.67 Å². The Morgan fingerprint density at radius 2 is 2.00 bits per heavy atom. The summed E-state index contributed by atoms with van der Waals surface area (Å²) in [5.74, 6) is 0.733. The van der Waals surface area contributed by atoms with Gasteiger partial charge in [-0.1, -0.05) is 0 Å². The van der Waals surface area contributed by atoms with Crippen LogP contribution in [0.2, 0.25) is 0 Å². The second-order valence-corrected chi connectivity index (χ2v) is 5.43. The van der Waals surface area contributed by atoms with E-state index < -0.39 is 0 Å². The minimum atomic E-state index is 0.0495. The molecule has 20 heavy (non-hydrogen) atoms. The second-order valence-electron chi connectivity index (χ2n) is 5.43. The highest BCUT2D eigenvalue weighted by Crippen LogP contribution is 2.24. The van der Waals surface area contributed by atoms with Gasteiger partial charge in [0.05, 0.1) is 11.3 Å². The van der Waals surface area contributed by atoms with Crippen molar-refractivity contribution in [1.29, 1.82) is 5.41 Å². The van der Waals surface area contributed by atoms with Gasteiger partial charge in [-0.2, -0.15) is 5.10 Å². The van der Waals surface area contributed by atoms with Crippen molar-refractivity contribution in [3.8, 4) is 5.82 Å². The van der Waals surface area contributed by atoms with Gasteiger partial charge in [0.15, 0.2) is 5.82 Å². The molecule has 3 rings (SSSR count). The Hall–Kier alpha value is -2.17. The van der Waals surface area contributed by atoms with Crippen LogP contribution in [0, 0.1) is 19.3 Å². The maximum Gasteiger partial charge on any atom is 0.164 e. The molecule has 1 aliphatic carbocycles. The number of hydrogen-bond donors (Lipinski definition) is 2. The van der Waals surface area contributed by atoms with E-state index in [1.807, 2.05) is 26.0 Å². The van der Waals surface area contributed by atoms with Gasteiger partial charge in [0.2, 0.25) is 0 Å². The molecule has 2 heterocycles. The summed E-state index contributed by atoms with van der Waals surface area (Å²) in [6.45, 7) is 3.94. The number of hydrogen-bond acceptors (Lipinski definition) is 3. The van der Waals surface area contributed by atoms with Gasteiger partial charge in [-0.05, 0) is 57.2 Å². The summed E-state index contributed by atoms with van der Waals surface area (Å²) in [7, 11) is 0. The van der Waals surface area contributed by atoms with Crippen molar-refractivity contribution < 1.29 is 0 Å². The summed E-state index contributed by atoms with van der Waals surface area (Å²) in [6, 6.07) is 4.03. The lowest BCUT2D eigenvalue weighted by Crippen LogP contribution is -2.20. The number of nitrogens with two attached hydrogens (primary N) is 1. The van der Waals surface area contributed by atoms with E-state index >= 15 is 0 Å². The Morgan fingerprint density at radius 3 is 2.65 bits per heavy atom. The molecule has 0 saturated heterocycles. The number of nitrogens with one attached hydrogen (secondary N) is 1. The lowest BCUT2D eigenvalue weighted by molar-refractivity contribution is 0.660. The van der Waals surface area contributed by atoms with Crippen molar-refractivity contribution in [3.63, 3.8) is 0 Å². The Morgan fingerprint density at radius 1 is 1.25 bits per heavy atom. The molecule has 3 N–H and O–H groups in total. The summed E-state index contributed by atoms with van der Waals surface area (Å²) < 4.78 is 1.79. The SMILES string of the molecule is Cc1cc(C)n(-c2nc3c(cc2C(=N)N)CCCC3)n1. The van der Waals surface area contributed by atoms with Gasteiger partial charge in [-0.15, -0.1) is 0 Å². The van der Waals surface area contributed by atoms with Gasteiger partial charge < -0.3 is 5.73 Å². The number of rotatable bonds is 2. The molecule has 0 radical (unpaired) electrons. The fourth-order valence-electron chi connectivity index (χ4n) is 2.83. The third-order valence-electron chi connectivity index (χ3n) is 3.78. The Kier molecular flexibility index (Phi) is 3.04. The van der Waals surface area contributed by atoms with Gasteiger partial charge in [0.25, 0.3) is 0 Å². The van der Waals surface area contributed by atoms with E-state index in [2.05, 4.69) is 5.10 Å². The fourth-order valence-corrected chi connectivity index (χ4v) is 2.83. The van der Waals surface area contributed by atoms with E-state index in [0.717, 1.165) is 29.9 Å². The predicted octanol–water partition coefficient (Wildman–Crippen LogP) is 2.05. The summed E-state index contributed by atoms with van der Waals surface area (Å²) in [5, 5.41) is 12.3. The molecule has 0 saturated carbocycles. The third kappa shape index (κ3) is 2.09. The summed E-state index contributed by atoms with van der Waals surface area (Å²) in [4.78, 5) is 4.76. The first-order valence-electron chi connectivity index (χ1n) is 6.97. The molecule has 0 aromatic carbocycles. The highest BCUT2D eigenvalue weighted by molar-refractivity contribution is 5.98. The number of pyridine rings is 1. The largest absolute Gasteiger partial charge is 0.384 e. The second kappa shape index (κ2) is 4.74. The molecular weight excluding hydrogens is 250 g/mol. The zero-order valence-electron chi connectivity index (χ0n) is 11.9. The molecule has 5 heteroatoms. The van der Waals surface area contributed by atoms with Crippen molar-refractivity contribution in [3.05, 3.63) is 40.3 Å². The zero-order valence-corrected chi connectivity index (χ0v) is 11.9. The van der Waals surface area contributed by atoms with Gasteiger partial charge in [-0.3, -0.25) is 5.41 Å². The van der Waals surface area contributed by atoms with Crippen LogP contribution in [-0.2, 0) is 12.8 Å².